The summed E-state index contributed by atoms with van der Waals surface area (Å²) in [6.07, 6.45) is 3.79. The number of nitrogen functional groups attached to an aromatic ring is 1. The van der Waals surface area contributed by atoms with E-state index in [0.717, 1.165) is 18.6 Å². The first-order valence-corrected chi connectivity index (χ1v) is 8.77. The van der Waals surface area contributed by atoms with Crippen molar-refractivity contribution in [3.05, 3.63) is 23.2 Å². The molecule has 0 heterocycles. The van der Waals surface area contributed by atoms with Gasteiger partial charge in [0.1, 0.15) is 4.90 Å². The minimum absolute atomic E-state index is 0.0310. The van der Waals surface area contributed by atoms with E-state index in [9.17, 15) is 8.42 Å². The van der Waals surface area contributed by atoms with Crippen LogP contribution in [0.4, 0.5) is 5.69 Å². The normalized spacial score (nSPS) is 11.7. The largest absolute Gasteiger partial charge is 0.398 e. The van der Waals surface area contributed by atoms with Gasteiger partial charge in [0.15, 0.2) is 0 Å². The third-order valence-electron chi connectivity index (χ3n) is 2.33. The summed E-state index contributed by atoms with van der Waals surface area (Å²) in [4.78, 5) is -0.0310. The number of unbranched alkanes of at least 4 members (excludes halogenated alkanes) is 1. The molecular formula is C11H17ClN2O2S2. The van der Waals surface area contributed by atoms with Gasteiger partial charge in [0.2, 0.25) is 10.0 Å². The van der Waals surface area contributed by atoms with Gasteiger partial charge in [-0.25, -0.2) is 13.1 Å². The van der Waals surface area contributed by atoms with Gasteiger partial charge in [0.25, 0.3) is 0 Å². The summed E-state index contributed by atoms with van der Waals surface area (Å²) < 4.78 is 26.6. The average Bonchev–Trinajstić information content (AvgIpc) is 2.28. The molecule has 4 nitrogen and oxygen atoms in total. The van der Waals surface area contributed by atoms with Crippen LogP contribution in [0.15, 0.2) is 23.1 Å². The van der Waals surface area contributed by atoms with Crippen LogP contribution >= 0.6 is 23.4 Å². The zero-order valence-electron chi connectivity index (χ0n) is 10.1. The molecule has 0 spiro atoms. The highest BCUT2D eigenvalue weighted by atomic mass is 35.5. The van der Waals surface area contributed by atoms with Gasteiger partial charge in [-0.2, -0.15) is 11.8 Å². The summed E-state index contributed by atoms with van der Waals surface area (Å²) in [5.41, 5.74) is 5.82. The molecule has 0 atom stereocenters. The molecule has 7 heteroatoms. The fourth-order valence-electron chi connectivity index (χ4n) is 1.46. The summed E-state index contributed by atoms with van der Waals surface area (Å²) in [5.74, 6) is 1.02. The minimum atomic E-state index is -3.62. The van der Waals surface area contributed by atoms with Crippen molar-refractivity contribution >= 4 is 39.1 Å². The number of anilines is 1. The van der Waals surface area contributed by atoms with Gasteiger partial charge >= 0.3 is 0 Å². The Morgan fingerprint density at radius 2 is 2.11 bits per heavy atom. The van der Waals surface area contributed by atoms with E-state index in [1.54, 1.807) is 17.8 Å². The van der Waals surface area contributed by atoms with E-state index in [-0.39, 0.29) is 15.6 Å². The van der Waals surface area contributed by atoms with Crippen LogP contribution < -0.4 is 10.5 Å². The number of halogens is 1. The van der Waals surface area contributed by atoms with Crippen molar-refractivity contribution in [1.82, 2.24) is 4.72 Å². The van der Waals surface area contributed by atoms with Crippen LogP contribution in [0.1, 0.15) is 12.8 Å². The predicted octanol–water partition coefficient (Wildman–Crippen LogP) is 2.34. The highest BCUT2D eigenvalue weighted by Gasteiger charge is 2.20. The molecule has 102 valence electrons. The predicted molar refractivity (Wildman–Crippen MR) is 78.7 cm³/mol. The van der Waals surface area contributed by atoms with Crippen LogP contribution in [0.3, 0.4) is 0 Å². The number of rotatable bonds is 7. The third-order valence-corrected chi connectivity index (χ3v) is 5.03. The molecule has 3 N–H and O–H groups in total. The first-order valence-electron chi connectivity index (χ1n) is 5.51. The number of sulfonamides is 1. The van der Waals surface area contributed by atoms with Crippen molar-refractivity contribution in [3.63, 3.8) is 0 Å². The Bertz CT molecular complexity index is 472. The lowest BCUT2D eigenvalue weighted by Crippen LogP contribution is -2.26. The summed E-state index contributed by atoms with van der Waals surface area (Å²) in [5, 5.41) is 0.145. The molecule has 18 heavy (non-hydrogen) atoms. The number of thioether (sulfide) groups is 1. The quantitative estimate of drug-likeness (QED) is 0.599. The number of hydrogen-bond acceptors (Lipinski definition) is 4. The fraction of sp³-hybridized carbons (Fsp3) is 0.455. The van der Waals surface area contributed by atoms with Crippen molar-refractivity contribution in [2.75, 3.05) is 24.3 Å². The lowest BCUT2D eigenvalue weighted by molar-refractivity contribution is 0.579. The molecule has 0 aliphatic rings. The second-order valence-electron chi connectivity index (χ2n) is 3.76. The van der Waals surface area contributed by atoms with E-state index in [1.165, 1.54) is 12.1 Å². The monoisotopic (exact) mass is 308 g/mol. The third kappa shape index (κ3) is 4.35. The zero-order chi connectivity index (χ0) is 13.6. The second-order valence-corrected chi connectivity index (χ2v) is 6.85. The maximum absolute atomic E-state index is 12.0. The number of hydrogen-bond donors (Lipinski definition) is 2. The van der Waals surface area contributed by atoms with Gasteiger partial charge in [-0.3, -0.25) is 0 Å². The second kappa shape index (κ2) is 7.23. The van der Waals surface area contributed by atoms with Gasteiger partial charge < -0.3 is 5.73 Å². The molecule has 1 aromatic rings. The Hall–Kier alpha value is -0.430. The Morgan fingerprint density at radius 3 is 2.72 bits per heavy atom. The summed E-state index contributed by atoms with van der Waals surface area (Å²) >= 11 is 7.62. The molecule has 1 aromatic carbocycles. The van der Waals surface area contributed by atoms with Crippen LogP contribution in [-0.2, 0) is 10.0 Å². The lowest BCUT2D eigenvalue weighted by Gasteiger charge is -2.10. The maximum atomic E-state index is 12.0. The van der Waals surface area contributed by atoms with Gasteiger partial charge in [-0.05, 0) is 37.0 Å². The van der Waals surface area contributed by atoms with Gasteiger partial charge in [-0.15, -0.1) is 0 Å². The van der Waals surface area contributed by atoms with Crippen LogP contribution in [0, 0.1) is 0 Å². The molecular weight excluding hydrogens is 292 g/mol. The van der Waals surface area contributed by atoms with Crippen LogP contribution in [0.5, 0.6) is 0 Å². The minimum Gasteiger partial charge on any atom is -0.398 e. The van der Waals surface area contributed by atoms with E-state index in [2.05, 4.69) is 4.72 Å². The van der Waals surface area contributed by atoms with Gasteiger partial charge in [0, 0.05) is 6.54 Å². The molecule has 0 unspecified atom stereocenters. The van der Waals surface area contributed by atoms with E-state index >= 15 is 0 Å². The van der Waals surface area contributed by atoms with Crippen molar-refractivity contribution in [1.29, 1.82) is 0 Å². The van der Waals surface area contributed by atoms with Crippen molar-refractivity contribution in [2.45, 2.75) is 17.7 Å². The van der Waals surface area contributed by atoms with E-state index in [0.29, 0.717) is 6.54 Å². The number of benzene rings is 1. The first kappa shape index (κ1) is 15.6. The highest BCUT2D eigenvalue weighted by molar-refractivity contribution is 7.98. The Balaban J connectivity index is 2.69. The lowest BCUT2D eigenvalue weighted by atomic mass is 10.3. The fourth-order valence-corrected chi connectivity index (χ4v) is 3.70. The molecule has 0 fully saturated rings. The molecule has 0 bridgehead atoms. The van der Waals surface area contributed by atoms with E-state index in [1.807, 2.05) is 6.26 Å². The number of nitrogens with one attached hydrogen (secondary N) is 1. The van der Waals surface area contributed by atoms with Crippen LogP contribution in [-0.4, -0.2) is 27.0 Å². The molecule has 0 aromatic heterocycles. The highest BCUT2D eigenvalue weighted by Crippen LogP contribution is 2.26. The summed E-state index contributed by atoms with van der Waals surface area (Å²) in [6.45, 7) is 0.396. The Labute approximate surface area is 117 Å². The molecule has 0 aliphatic carbocycles. The van der Waals surface area contributed by atoms with Crippen molar-refractivity contribution in [3.8, 4) is 0 Å². The summed E-state index contributed by atoms with van der Waals surface area (Å²) in [6, 6.07) is 4.66. The summed E-state index contributed by atoms with van der Waals surface area (Å²) in [7, 11) is -3.62. The van der Waals surface area contributed by atoms with Crippen molar-refractivity contribution < 1.29 is 8.42 Å². The molecule has 0 amide bonds. The number of nitrogens with two attached hydrogens (primary N) is 1. The SMILES string of the molecule is CSCCCCNS(=O)(=O)c1c(N)cccc1Cl. The van der Waals surface area contributed by atoms with Crippen molar-refractivity contribution in [2.24, 2.45) is 0 Å². The maximum Gasteiger partial charge on any atom is 0.244 e. The first-order chi connectivity index (χ1) is 8.49. The Kier molecular flexibility index (Phi) is 6.28. The molecule has 0 saturated heterocycles. The van der Waals surface area contributed by atoms with E-state index in [4.69, 9.17) is 17.3 Å². The topological polar surface area (TPSA) is 72.2 Å². The Morgan fingerprint density at radius 1 is 1.39 bits per heavy atom. The standard InChI is InChI=1S/C11H17ClN2O2S2/c1-17-8-3-2-7-14-18(15,16)11-9(12)5-4-6-10(11)13/h4-6,14H,2-3,7-8,13H2,1H3. The molecule has 0 radical (unpaired) electrons. The zero-order valence-corrected chi connectivity index (χ0v) is 12.5. The van der Waals surface area contributed by atoms with E-state index < -0.39 is 10.0 Å². The van der Waals surface area contributed by atoms with Crippen LogP contribution in [0.2, 0.25) is 5.02 Å². The van der Waals surface area contributed by atoms with Crippen LogP contribution in [0.25, 0.3) is 0 Å². The average molecular weight is 309 g/mol. The van der Waals surface area contributed by atoms with Gasteiger partial charge in [0.05, 0.1) is 10.7 Å². The molecule has 0 saturated carbocycles. The smallest absolute Gasteiger partial charge is 0.244 e. The molecule has 1 rings (SSSR count). The molecule has 0 aliphatic heterocycles. The van der Waals surface area contributed by atoms with Gasteiger partial charge in [-0.1, -0.05) is 17.7 Å².